The van der Waals surface area contributed by atoms with Crippen LogP contribution in [0.15, 0.2) is 0 Å². The maximum absolute atomic E-state index is 12.5. The number of halogens is 2. The van der Waals surface area contributed by atoms with Crippen LogP contribution in [0.2, 0.25) is 0 Å². The average Bonchev–Trinajstić information content (AvgIpc) is 2.26. The van der Waals surface area contributed by atoms with E-state index in [4.69, 9.17) is 4.74 Å². The monoisotopic (exact) mass is 165 g/mol. The summed E-state index contributed by atoms with van der Waals surface area (Å²) in [7, 11) is 0. The Labute approximate surface area is 64.9 Å². The van der Waals surface area contributed by atoms with E-state index in [1.807, 2.05) is 6.92 Å². The molecule has 1 aliphatic rings. The molecule has 1 unspecified atom stereocenters. The standard InChI is InChI=1S/C7H13F2NO/c1-2-11-4-6-3-7(8,9)5-10-6/h6,10H,2-5H2,1H3. The van der Waals surface area contributed by atoms with Crippen molar-refractivity contribution in [2.75, 3.05) is 19.8 Å². The number of nitrogens with one attached hydrogen (secondary N) is 1. The Balaban J connectivity index is 2.20. The molecule has 0 spiro atoms. The summed E-state index contributed by atoms with van der Waals surface area (Å²) in [6.45, 7) is 2.63. The Morgan fingerprint density at radius 2 is 2.36 bits per heavy atom. The molecule has 1 fully saturated rings. The van der Waals surface area contributed by atoms with Gasteiger partial charge in [-0.3, -0.25) is 0 Å². The van der Waals surface area contributed by atoms with Crippen LogP contribution >= 0.6 is 0 Å². The lowest BCUT2D eigenvalue weighted by Gasteiger charge is -2.08. The van der Waals surface area contributed by atoms with Gasteiger partial charge in [0.25, 0.3) is 5.92 Å². The summed E-state index contributed by atoms with van der Waals surface area (Å²) < 4.78 is 30.0. The summed E-state index contributed by atoms with van der Waals surface area (Å²) in [6, 6.07) is -0.162. The molecular weight excluding hydrogens is 152 g/mol. The van der Waals surface area contributed by atoms with E-state index in [1.165, 1.54) is 0 Å². The number of hydrogen-bond donors (Lipinski definition) is 1. The lowest BCUT2D eigenvalue weighted by molar-refractivity contribution is 0.0168. The van der Waals surface area contributed by atoms with Crippen molar-refractivity contribution in [2.24, 2.45) is 0 Å². The fraction of sp³-hybridized carbons (Fsp3) is 1.00. The fourth-order valence-corrected chi connectivity index (χ4v) is 1.18. The van der Waals surface area contributed by atoms with Crippen LogP contribution in [0.4, 0.5) is 8.78 Å². The van der Waals surface area contributed by atoms with Crippen molar-refractivity contribution in [3.05, 3.63) is 0 Å². The van der Waals surface area contributed by atoms with Crippen LogP contribution in [0.3, 0.4) is 0 Å². The quantitative estimate of drug-likeness (QED) is 0.674. The normalized spacial score (nSPS) is 29.2. The zero-order valence-corrected chi connectivity index (χ0v) is 6.57. The van der Waals surface area contributed by atoms with Gasteiger partial charge >= 0.3 is 0 Å². The van der Waals surface area contributed by atoms with E-state index in [0.717, 1.165) is 0 Å². The molecule has 1 saturated heterocycles. The zero-order chi connectivity index (χ0) is 8.32. The van der Waals surface area contributed by atoms with Crippen molar-refractivity contribution >= 4 is 0 Å². The van der Waals surface area contributed by atoms with Crippen LogP contribution < -0.4 is 5.32 Å². The van der Waals surface area contributed by atoms with Gasteiger partial charge in [0.15, 0.2) is 0 Å². The van der Waals surface area contributed by atoms with Gasteiger partial charge < -0.3 is 10.1 Å². The molecule has 0 aromatic heterocycles. The Bertz CT molecular complexity index is 130. The molecule has 0 aromatic rings. The molecule has 0 saturated carbocycles. The molecule has 0 aromatic carbocycles. The van der Waals surface area contributed by atoms with E-state index in [9.17, 15) is 8.78 Å². The second kappa shape index (κ2) is 3.45. The van der Waals surface area contributed by atoms with E-state index in [2.05, 4.69) is 5.32 Å². The molecule has 1 N–H and O–H groups in total. The minimum Gasteiger partial charge on any atom is -0.380 e. The highest BCUT2D eigenvalue weighted by Gasteiger charge is 2.38. The first kappa shape index (κ1) is 8.87. The van der Waals surface area contributed by atoms with Gasteiger partial charge in [0, 0.05) is 19.1 Å². The van der Waals surface area contributed by atoms with Crippen LogP contribution in [0.25, 0.3) is 0 Å². The molecule has 11 heavy (non-hydrogen) atoms. The second-order valence-electron chi connectivity index (χ2n) is 2.80. The van der Waals surface area contributed by atoms with E-state index in [-0.39, 0.29) is 19.0 Å². The van der Waals surface area contributed by atoms with E-state index in [0.29, 0.717) is 13.2 Å². The van der Waals surface area contributed by atoms with Gasteiger partial charge in [0.05, 0.1) is 13.2 Å². The van der Waals surface area contributed by atoms with E-state index >= 15 is 0 Å². The van der Waals surface area contributed by atoms with Crippen molar-refractivity contribution < 1.29 is 13.5 Å². The third kappa shape index (κ3) is 2.71. The topological polar surface area (TPSA) is 21.3 Å². The molecule has 1 heterocycles. The number of alkyl halides is 2. The van der Waals surface area contributed by atoms with Crippen LogP contribution in [-0.2, 0) is 4.74 Å². The number of ether oxygens (including phenoxy) is 1. The highest BCUT2D eigenvalue weighted by molar-refractivity contribution is 4.86. The maximum Gasteiger partial charge on any atom is 0.261 e. The molecule has 0 aliphatic carbocycles. The zero-order valence-electron chi connectivity index (χ0n) is 6.57. The molecule has 1 aliphatic heterocycles. The van der Waals surface area contributed by atoms with Crippen LogP contribution in [-0.4, -0.2) is 31.7 Å². The summed E-state index contributed by atoms with van der Waals surface area (Å²) in [6.07, 6.45) is -0.0903. The van der Waals surface area contributed by atoms with Crippen molar-refractivity contribution in [1.82, 2.24) is 5.32 Å². The van der Waals surface area contributed by atoms with Gasteiger partial charge in [0.1, 0.15) is 0 Å². The lowest BCUT2D eigenvalue weighted by Crippen LogP contribution is -2.26. The first-order valence-corrected chi connectivity index (χ1v) is 3.83. The number of rotatable bonds is 3. The van der Waals surface area contributed by atoms with Crippen molar-refractivity contribution in [3.63, 3.8) is 0 Å². The van der Waals surface area contributed by atoms with Crippen LogP contribution in [0.5, 0.6) is 0 Å². The fourth-order valence-electron chi connectivity index (χ4n) is 1.18. The summed E-state index contributed by atoms with van der Waals surface area (Å²) in [5, 5.41) is 2.71. The molecule has 0 amide bonds. The molecule has 4 heteroatoms. The Hall–Kier alpha value is -0.220. The maximum atomic E-state index is 12.5. The highest BCUT2D eigenvalue weighted by Crippen LogP contribution is 2.24. The third-order valence-corrected chi connectivity index (χ3v) is 1.72. The smallest absolute Gasteiger partial charge is 0.261 e. The lowest BCUT2D eigenvalue weighted by atomic mass is 10.2. The predicted molar refractivity (Wildman–Crippen MR) is 37.8 cm³/mol. The summed E-state index contributed by atoms with van der Waals surface area (Å²) in [4.78, 5) is 0. The summed E-state index contributed by atoms with van der Waals surface area (Å²) >= 11 is 0. The van der Waals surface area contributed by atoms with E-state index < -0.39 is 5.92 Å². The molecule has 0 radical (unpaired) electrons. The molecule has 1 atom stereocenters. The number of hydrogen-bond acceptors (Lipinski definition) is 2. The first-order chi connectivity index (χ1) is 5.14. The van der Waals surface area contributed by atoms with Gasteiger partial charge in [-0.05, 0) is 6.92 Å². The van der Waals surface area contributed by atoms with Gasteiger partial charge in [-0.15, -0.1) is 0 Å². The largest absolute Gasteiger partial charge is 0.380 e. The van der Waals surface area contributed by atoms with Crippen molar-refractivity contribution in [3.8, 4) is 0 Å². The van der Waals surface area contributed by atoms with E-state index in [1.54, 1.807) is 0 Å². The van der Waals surface area contributed by atoms with Gasteiger partial charge in [-0.1, -0.05) is 0 Å². The first-order valence-electron chi connectivity index (χ1n) is 3.83. The Morgan fingerprint density at radius 3 is 2.82 bits per heavy atom. The average molecular weight is 165 g/mol. The van der Waals surface area contributed by atoms with Crippen LogP contribution in [0, 0.1) is 0 Å². The predicted octanol–water partition coefficient (Wildman–Crippen LogP) is 1.02. The highest BCUT2D eigenvalue weighted by atomic mass is 19.3. The summed E-state index contributed by atoms with van der Waals surface area (Å²) in [5.74, 6) is -2.53. The third-order valence-electron chi connectivity index (χ3n) is 1.72. The van der Waals surface area contributed by atoms with Crippen molar-refractivity contribution in [1.29, 1.82) is 0 Å². The Morgan fingerprint density at radius 1 is 1.64 bits per heavy atom. The van der Waals surface area contributed by atoms with Crippen molar-refractivity contribution in [2.45, 2.75) is 25.3 Å². The SMILES string of the molecule is CCOCC1CC(F)(F)CN1. The van der Waals surface area contributed by atoms with Gasteiger partial charge in [-0.25, -0.2) is 8.78 Å². The minimum atomic E-state index is -2.53. The second-order valence-corrected chi connectivity index (χ2v) is 2.80. The minimum absolute atomic E-state index is 0.0903. The van der Waals surface area contributed by atoms with Gasteiger partial charge in [-0.2, -0.15) is 0 Å². The van der Waals surface area contributed by atoms with Crippen LogP contribution in [0.1, 0.15) is 13.3 Å². The summed E-state index contributed by atoms with van der Waals surface area (Å²) in [5.41, 5.74) is 0. The molecular formula is C7H13F2NO. The molecule has 1 rings (SSSR count). The Kier molecular flexibility index (Phi) is 2.78. The van der Waals surface area contributed by atoms with Gasteiger partial charge in [0.2, 0.25) is 0 Å². The molecule has 66 valence electrons. The molecule has 2 nitrogen and oxygen atoms in total. The molecule has 0 bridgehead atoms.